The molecule has 33 heavy (non-hydrogen) atoms. The van der Waals surface area contributed by atoms with Crippen molar-refractivity contribution in [3.63, 3.8) is 0 Å². The van der Waals surface area contributed by atoms with E-state index in [4.69, 9.17) is 11.5 Å². The van der Waals surface area contributed by atoms with E-state index < -0.39 is 5.82 Å². The number of benzene rings is 3. The van der Waals surface area contributed by atoms with Crippen molar-refractivity contribution in [1.82, 2.24) is 15.0 Å². The minimum Gasteiger partial charge on any atom is -0.398 e. The Morgan fingerprint density at radius 1 is 0.727 bits per heavy atom. The minimum atomic E-state index is -0.403. The van der Waals surface area contributed by atoms with E-state index in [2.05, 4.69) is 20.3 Å². The molecule has 0 atom stereocenters. The number of pyridine rings is 1. The molecule has 5 rings (SSSR count). The molecule has 5 N–H and O–H groups in total. The molecule has 5 aromatic rings. The zero-order chi connectivity index (χ0) is 22.9. The molecule has 0 aliphatic heterocycles. The average molecular weight is 440 g/mol. The number of nitrogens with one attached hydrogen (secondary N) is 1. The highest BCUT2D eigenvalue weighted by Crippen LogP contribution is 2.30. The molecule has 0 fully saturated rings. The molecule has 0 aliphatic rings. The van der Waals surface area contributed by atoms with Gasteiger partial charge in [0.2, 0.25) is 5.95 Å². The number of hydrogen-bond donors (Lipinski definition) is 3. The first-order valence-corrected chi connectivity index (χ1v) is 10.1. The normalized spacial score (nSPS) is 11.0. The van der Waals surface area contributed by atoms with Crippen LogP contribution in [0.2, 0.25) is 0 Å². The number of hydrogen-bond acceptors (Lipinski definition) is 6. The molecule has 0 radical (unpaired) electrons. The SMILES string of the molecule is Nc1nc(Nc2ccc3nc(-c4cccc(F)c4)cc(N)c3c2)cc(-c2ccccc2F)n1. The molecule has 0 amide bonds. The summed E-state index contributed by atoms with van der Waals surface area (Å²) in [5.74, 6) is -0.324. The van der Waals surface area contributed by atoms with Crippen LogP contribution in [0.3, 0.4) is 0 Å². The lowest BCUT2D eigenvalue weighted by molar-refractivity contribution is 0.628. The number of halogens is 2. The summed E-state index contributed by atoms with van der Waals surface area (Å²) in [5, 5.41) is 3.88. The second-order valence-electron chi connectivity index (χ2n) is 7.44. The Hall–Kier alpha value is -4.59. The summed E-state index contributed by atoms with van der Waals surface area (Å²) in [4.78, 5) is 13.0. The van der Waals surface area contributed by atoms with Gasteiger partial charge in [-0.05, 0) is 48.5 Å². The van der Waals surface area contributed by atoms with Crippen LogP contribution in [0.4, 0.5) is 31.9 Å². The first-order chi connectivity index (χ1) is 16.0. The highest BCUT2D eigenvalue weighted by Gasteiger charge is 2.11. The lowest BCUT2D eigenvalue weighted by Gasteiger charge is -2.11. The number of aromatic nitrogens is 3. The number of nitrogens with zero attached hydrogens (tertiary/aromatic N) is 3. The van der Waals surface area contributed by atoms with Gasteiger partial charge in [-0.1, -0.05) is 24.3 Å². The zero-order valence-electron chi connectivity index (χ0n) is 17.3. The molecular weight excluding hydrogens is 422 g/mol. The fraction of sp³-hybridized carbons (Fsp3) is 0. The van der Waals surface area contributed by atoms with Crippen LogP contribution in [0, 0.1) is 11.6 Å². The zero-order valence-corrected chi connectivity index (χ0v) is 17.3. The van der Waals surface area contributed by atoms with Gasteiger partial charge in [0, 0.05) is 34.0 Å². The Bertz CT molecular complexity index is 1500. The number of nitrogens with two attached hydrogens (primary N) is 2. The van der Waals surface area contributed by atoms with Crippen molar-refractivity contribution in [3.05, 3.63) is 90.5 Å². The van der Waals surface area contributed by atoms with Crippen molar-refractivity contribution < 1.29 is 8.78 Å². The van der Waals surface area contributed by atoms with Crippen LogP contribution in [-0.4, -0.2) is 15.0 Å². The fourth-order valence-electron chi connectivity index (χ4n) is 3.61. The van der Waals surface area contributed by atoms with Gasteiger partial charge in [-0.3, -0.25) is 0 Å². The Kier molecular flexibility index (Phi) is 5.02. The smallest absolute Gasteiger partial charge is 0.222 e. The van der Waals surface area contributed by atoms with Gasteiger partial charge in [0.1, 0.15) is 17.5 Å². The van der Waals surface area contributed by atoms with E-state index in [0.717, 1.165) is 5.39 Å². The quantitative estimate of drug-likeness (QED) is 0.339. The molecular formula is C25H18F2N6. The van der Waals surface area contributed by atoms with Crippen LogP contribution in [0.1, 0.15) is 0 Å². The molecule has 0 aliphatic carbocycles. The topological polar surface area (TPSA) is 103 Å². The van der Waals surface area contributed by atoms with Crippen LogP contribution in [0.5, 0.6) is 0 Å². The molecule has 0 unspecified atom stereocenters. The number of nitrogen functional groups attached to an aromatic ring is 2. The van der Waals surface area contributed by atoms with Crippen LogP contribution in [0.15, 0.2) is 78.9 Å². The van der Waals surface area contributed by atoms with Crippen LogP contribution in [0.25, 0.3) is 33.4 Å². The average Bonchev–Trinajstić information content (AvgIpc) is 2.79. The molecule has 0 saturated heterocycles. The Morgan fingerprint density at radius 2 is 1.58 bits per heavy atom. The molecule has 0 bridgehead atoms. The van der Waals surface area contributed by atoms with Gasteiger partial charge in [0.15, 0.2) is 0 Å². The van der Waals surface area contributed by atoms with Crippen molar-refractivity contribution in [2.45, 2.75) is 0 Å². The predicted molar refractivity (Wildman–Crippen MR) is 127 cm³/mol. The van der Waals surface area contributed by atoms with Gasteiger partial charge in [-0.25, -0.2) is 18.7 Å². The molecule has 2 heterocycles. The van der Waals surface area contributed by atoms with E-state index >= 15 is 0 Å². The minimum absolute atomic E-state index is 0.0138. The van der Waals surface area contributed by atoms with E-state index in [1.165, 1.54) is 18.2 Å². The molecule has 8 heteroatoms. The third-order valence-corrected chi connectivity index (χ3v) is 5.13. The number of rotatable bonds is 4. The second kappa shape index (κ2) is 8.16. The lowest BCUT2D eigenvalue weighted by atomic mass is 10.1. The summed E-state index contributed by atoms with van der Waals surface area (Å²) >= 11 is 0. The molecule has 6 nitrogen and oxygen atoms in total. The molecule has 162 valence electrons. The summed E-state index contributed by atoms with van der Waals surface area (Å²) in [5.41, 5.74) is 15.9. The summed E-state index contributed by atoms with van der Waals surface area (Å²) in [6.07, 6.45) is 0. The summed E-state index contributed by atoms with van der Waals surface area (Å²) in [6, 6.07) is 21.3. The highest BCUT2D eigenvalue weighted by atomic mass is 19.1. The van der Waals surface area contributed by atoms with E-state index in [1.807, 2.05) is 12.1 Å². The maximum atomic E-state index is 14.2. The van der Waals surface area contributed by atoms with E-state index in [9.17, 15) is 8.78 Å². The predicted octanol–water partition coefficient (Wildman–Crippen LogP) is 5.55. The Balaban J connectivity index is 1.50. The van der Waals surface area contributed by atoms with Gasteiger partial charge in [0.25, 0.3) is 0 Å². The summed E-state index contributed by atoms with van der Waals surface area (Å²) in [7, 11) is 0. The van der Waals surface area contributed by atoms with Crippen molar-refractivity contribution in [1.29, 1.82) is 0 Å². The van der Waals surface area contributed by atoms with Gasteiger partial charge in [0.05, 0.1) is 16.9 Å². The van der Waals surface area contributed by atoms with E-state index in [0.29, 0.717) is 45.2 Å². The molecule has 0 saturated carbocycles. The third-order valence-electron chi connectivity index (χ3n) is 5.13. The van der Waals surface area contributed by atoms with Gasteiger partial charge in [-0.2, -0.15) is 4.98 Å². The van der Waals surface area contributed by atoms with Crippen LogP contribution >= 0.6 is 0 Å². The van der Waals surface area contributed by atoms with E-state index in [1.54, 1.807) is 48.5 Å². The van der Waals surface area contributed by atoms with Gasteiger partial charge < -0.3 is 16.8 Å². The van der Waals surface area contributed by atoms with Crippen molar-refractivity contribution in [2.24, 2.45) is 0 Å². The Labute approximate surface area is 188 Å². The second-order valence-corrected chi connectivity index (χ2v) is 7.44. The highest BCUT2D eigenvalue weighted by molar-refractivity contribution is 5.95. The molecule has 2 aromatic heterocycles. The Morgan fingerprint density at radius 3 is 2.39 bits per heavy atom. The van der Waals surface area contributed by atoms with Crippen LogP contribution in [-0.2, 0) is 0 Å². The lowest BCUT2D eigenvalue weighted by Crippen LogP contribution is -2.02. The summed E-state index contributed by atoms with van der Waals surface area (Å²) in [6.45, 7) is 0. The first kappa shape index (κ1) is 20.3. The monoisotopic (exact) mass is 440 g/mol. The number of fused-ring (bicyclic) bond motifs is 1. The maximum Gasteiger partial charge on any atom is 0.222 e. The van der Waals surface area contributed by atoms with Crippen molar-refractivity contribution in [3.8, 4) is 22.5 Å². The summed E-state index contributed by atoms with van der Waals surface area (Å²) < 4.78 is 27.8. The van der Waals surface area contributed by atoms with Crippen molar-refractivity contribution in [2.75, 3.05) is 16.8 Å². The maximum absolute atomic E-state index is 14.2. The number of anilines is 4. The largest absolute Gasteiger partial charge is 0.398 e. The van der Waals surface area contributed by atoms with Crippen LogP contribution < -0.4 is 16.8 Å². The first-order valence-electron chi connectivity index (χ1n) is 10.1. The molecule has 3 aromatic carbocycles. The van der Waals surface area contributed by atoms with Gasteiger partial charge >= 0.3 is 0 Å². The van der Waals surface area contributed by atoms with Crippen molar-refractivity contribution >= 4 is 34.0 Å². The fourth-order valence-corrected chi connectivity index (χ4v) is 3.61. The van der Waals surface area contributed by atoms with E-state index in [-0.39, 0.29) is 11.8 Å². The standard InChI is InChI=1S/C25H18F2N6/c26-15-5-3-4-14(10-15)22-12-20(28)18-11-16(8-9-21(18)31-22)30-24-13-23(32-25(29)33-24)17-6-1-2-7-19(17)27/h1-13H,(H2,28,31)(H3,29,30,32,33). The van der Waals surface area contributed by atoms with Gasteiger partial charge in [-0.15, -0.1) is 0 Å². The molecule has 0 spiro atoms. The third kappa shape index (κ3) is 4.14.